The molecule has 2 aliphatic heterocycles. The number of hydrogen-bond acceptors (Lipinski definition) is 7. The van der Waals surface area contributed by atoms with Crippen LogP contribution in [0, 0.1) is 41.6 Å². The van der Waals surface area contributed by atoms with E-state index in [1.54, 1.807) is 76.2 Å². The third kappa shape index (κ3) is 6.14. The van der Waals surface area contributed by atoms with Crippen molar-refractivity contribution in [2.75, 3.05) is 19.6 Å². The maximum atomic E-state index is 13.0. The fourth-order valence-electron chi connectivity index (χ4n) is 6.90. The molecule has 2 aliphatic rings. The molecule has 2 fully saturated rings. The molecule has 266 valence electrons. The molecule has 2 saturated heterocycles. The van der Waals surface area contributed by atoms with Crippen LogP contribution in [0.2, 0.25) is 0 Å². The molecule has 0 aromatic heterocycles. The summed E-state index contributed by atoms with van der Waals surface area (Å²) < 4.78 is 0. The van der Waals surface area contributed by atoms with Crippen molar-refractivity contribution in [3.63, 3.8) is 0 Å². The van der Waals surface area contributed by atoms with E-state index >= 15 is 0 Å². The van der Waals surface area contributed by atoms with Crippen LogP contribution < -0.4 is 19.6 Å². The molecule has 0 bridgehead atoms. The molecular weight excluding hydrogens is 677 g/mol. The van der Waals surface area contributed by atoms with Gasteiger partial charge >= 0.3 is 0 Å². The van der Waals surface area contributed by atoms with Crippen molar-refractivity contribution < 1.29 is 19.2 Å². The minimum atomic E-state index is -0.402. The molecule has 0 N–H and O–H groups in total. The zero-order valence-corrected chi connectivity index (χ0v) is 30.2. The smallest absolute Gasteiger partial charge is 0.237 e. The van der Waals surface area contributed by atoms with Gasteiger partial charge in [-0.1, -0.05) is 39.8 Å². The fraction of sp³-hybridized carbons (Fsp3) is 0.182. The first-order valence-electron chi connectivity index (χ1n) is 17.7. The van der Waals surface area contributed by atoms with Gasteiger partial charge in [-0.05, 0) is 109 Å². The van der Waals surface area contributed by atoms with Gasteiger partial charge in [0.2, 0.25) is 23.6 Å². The minimum Gasteiger partial charge on any atom is -0.311 e. The fourth-order valence-corrected chi connectivity index (χ4v) is 6.90. The summed E-state index contributed by atoms with van der Waals surface area (Å²) in [6.07, 6.45) is 0. The molecule has 10 heteroatoms. The Labute approximate surface area is 313 Å². The molecule has 4 atom stereocenters. The topological polar surface area (TPSA) is 109 Å². The van der Waals surface area contributed by atoms with Crippen LogP contribution in [0.3, 0.4) is 0 Å². The Morgan fingerprint density at radius 2 is 0.741 bits per heavy atom. The number of carbonyl (C=O) groups is 4. The highest BCUT2D eigenvalue weighted by molar-refractivity contribution is 6.22. The van der Waals surface area contributed by atoms with E-state index in [1.807, 2.05) is 82.6 Å². The van der Waals surface area contributed by atoms with Gasteiger partial charge in [0.25, 0.3) is 0 Å². The molecule has 0 spiro atoms. The second-order valence-electron chi connectivity index (χ2n) is 13.7. The van der Waals surface area contributed by atoms with Crippen molar-refractivity contribution in [2.45, 2.75) is 27.7 Å². The molecule has 2 heterocycles. The number of benzene rings is 5. The Morgan fingerprint density at radius 3 is 1.02 bits per heavy atom. The van der Waals surface area contributed by atoms with Crippen molar-refractivity contribution in [3.8, 4) is 6.07 Å². The highest BCUT2D eigenvalue weighted by Crippen LogP contribution is 2.41. The number of nitriles is 1. The molecule has 0 saturated carbocycles. The van der Waals surface area contributed by atoms with E-state index in [0.717, 1.165) is 34.1 Å². The normalized spacial score (nSPS) is 19.5. The summed E-state index contributed by atoms with van der Waals surface area (Å²) in [6, 6.07) is 39.0. The summed E-state index contributed by atoms with van der Waals surface area (Å²) in [5.74, 6) is -2.52. The van der Waals surface area contributed by atoms with Crippen LogP contribution in [0.25, 0.3) is 4.85 Å². The lowest BCUT2D eigenvalue weighted by Gasteiger charge is -2.29. The molecule has 5 aromatic carbocycles. The zero-order valence-electron chi connectivity index (χ0n) is 30.2. The van der Waals surface area contributed by atoms with E-state index in [1.165, 1.54) is 9.80 Å². The Balaban J connectivity index is 1.28. The molecule has 4 amide bonds. The number of imide groups is 2. The number of anilines is 8. The number of amides is 4. The largest absolute Gasteiger partial charge is 0.311 e. The molecule has 10 nitrogen and oxygen atoms in total. The van der Waals surface area contributed by atoms with E-state index in [4.69, 9.17) is 6.57 Å². The molecule has 0 radical (unpaired) electrons. The third-order valence-electron chi connectivity index (χ3n) is 10.5. The van der Waals surface area contributed by atoms with Crippen molar-refractivity contribution >= 4 is 74.8 Å². The van der Waals surface area contributed by atoms with Crippen molar-refractivity contribution in [2.24, 2.45) is 23.7 Å². The van der Waals surface area contributed by atoms with Gasteiger partial charge in [-0.2, -0.15) is 5.26 Å². The first-order chi connectivity index (χ1) is 26.0. The number of carbonyl (C=O) groups excluding carboxylic acids is 4. The zero-order chi connectivity index (χ0) is 38.3. The van der Waals surface area contributed by atoms with Gasteiger partial charge in [0.05, 0.1) is 29.6 Å². The van der Waals surface area contributed by atoms with Crippen molar-refractivity contribution in [1.29, 1.82) is 5.26 Å². The predicted molar refractivity (Wildman–Crippen MR) is 208 cm³/mol. The van der Waals surface area contributed by atoms with Crippen LogP contribution in [0.15, 0.2) is 121 Å². The maximum absolute atomic E-state index is 13.0. The van der Waals surface area contributed by atoms with E-state index in [2.05, 4.69) is 10.9 Å². The van der Waals surface area contributed by atoms with E-state index in [0.29, 0.717) is 22.6 Å². The second kappa shape index (κ2) is 14.2. The molecule has 54 heavy (non-hydrogen) atoms. The lowest BCUT2D eigenvalue weighted by atomic mass is 10.00. The lowest BCUT2D eigenvalue weighted by Crippen LogP contribution is -2.30. The van der Waals surface area contributed by atoms with Crippen LogP contribution >= 0.6 is 0 Å². The first kappa shape index (κ1) is 35.4. The van der Waals surface area contributed by atoms with Crippen molar-refractivity contribution in [3.05, 3.63) is 138 Å². The summed E-state index contributed by atoms with van der Waals surface area (Å²) in [4.78, 5) is 62.0. The monoisotopic (exact) mass is 712 g/mol. The second-order valence-corrected chi connectivity index (χ2v) is 13.7. The minimum absolute atomic E-state index is 0.228. The summed E-state index contributed by atoms with van der Waals surface area (Å²) in [5.41, 5.74) is 6.79. The summed E-state index contributed by atoms with van der Waals surface area (Å²) >= 11 is 0. The SMILES string of the molecule is [C-]#[N+]c1ccc(N(c2ccc(C#N)cc2)c2ccc(N(c3ccc(N4C(=O)C(C)C(C)C4=O)cc3)c3ccc(N4C(=O)C(C)C(C)C4=O)cc3)cc2)cc1. The van der Waals surface area contributed by atoms with Gasteiger partial charge in [-0.25, -0.2) is 4.85 Å². The Hall–Kier alpha value is -7.04. The number of rotatable bonds is 8. The standard InChI is InChI=1S/C44H36N6O4/c1-27-28(2)42(52)49(41(27)51)39-22-18-37(19-23-39)48(38-20-24-40(25-21-38)50-43(53)29(3)30(4)44(50)54)36-16-14-35(15-17-36)47(33-10-6-31(26-45)7-11-33)34-12-8-32(46-5)9-13-34/h6-25,27-30H,1-4H3. The van der Waals surface area contributed by atoms with Gasteiger partial charge in [0.15, 0.2) is 5.69 Å². The summed E-state index contributed by atoms with van der Waals surface area (Å²) in [7, 11) is 0. The average Bonchev–Trinajstić information content (AvgIpc) is 3.52. The number of nitrogens with zero attached hydrogens (tertiary/aromatic N) is 6. The number of hydrogen-bond donors (Lipinski definition) is 0. The van der Waals surface area contributed by atoms with Gasteiger partial charge in [-0.15, -0.1) is 0 Å². The van der Waals surface area contributed by atoms with Gasteiger partial charge in [-0.3, -0.25) is 29.0 Å². The van der Waals surface area contributed by atoms with Crippen molar-refractivity contribution in [1.82, 2.24) is 0 Å². The summed E-state index contributed by atoms with van der Waals surface area (Å²) in [6.45, 7) is 14.5. The van der Waals surface area contributed by atoms with Crippen LogP contribution in [-0.4, -0.2) is 23.6 Å². The third-order valence-corrected chi connectivity index (χ3v) is 10.5. The quantitative estimate of drug-likeness (QED) is 0.117. The summed E-state index contributed by atoms with van der Waals surface area (Å²) in [5, 5.41) is 9.40. The average molecular weight is 713 g/mol. The maximum Gasteiger partial charge on any atom is 0.237 e. The Kier molecular flexibility index (Phi) is 9.28. The van der Waals surface area contributed by atoms with Gasteiger partial charge < -0.3 is 9.80 Å². The molecule has 0 aliphatic carbocycles. The lowest BCUT2D eigenvalue weighted by molar-refractivity contribution is -0.124. The Bertz CT molecular complexity index is 2160. The van der Waals surface area contributed by atoms with Crippen LogP contribution in [0.4, 0.5) is 51.2 Å². The molecular formula is C44H36N6O4. The van der Waals surface area contributed by atoms with E-state index in [-0.39, 0.29) is 23.6 Å². The Morgan fingerprint density at radius 1 is 0.481 bits per heavy atom. The van der Waals surface area contributed by atoms with Crippen LogP contribution in [0.1, 0.15) is 33.3 Å². The van der Waals surface area contributed by atoms with E-state index < -0.39 is 23.7 Å². The molecule has 7 rings (SSSR count). The molecule has 5 aromatic rings. The van der Waals surface area contributed by atoms with Crippen LogP contribution in [-0.2, 0) is 19.2 Å². The van der Waals surface area contributed by atoms with E-state index in [9.17, 15) is 24.4 Å². The first-order valence-corrected chi connectivity index (χ1v) is 17.7. The van der Waals surface area contributed by atoms with Crippen LogP contribution in [0.5, 0.6) is 0 Å². The highest BCUT2D eigenvalue weighted by Gasteiger charge is 2.44. The van der Waals surface area contributed by atoms with Gasteiger partial charge in [0, 0.05) is 57.8 Å². The predicted octanol–water partition coefficient (Wildman–Crippen LogP) is 9.34. The van der Waals surface area contributed by atoms with Gasteiger partial charge in [0.1, 0.15) is 0 Å². The molecule has 4 unspecified atom stereocenters. The highest BCUT2D eigenvalue weighted by atomic mass is 16.2.